The largest absolute Gasteiger partial charge is 0.481 e. The third kappa shape index (κ3) is 11.2. The second-order valence-electron chi connectivity index (χ2n) is 7.56. The van der Waals surface area contributed by atoms with E-state index in [-0.39, 0.29) is 19.3 Å². The fourth-order valence-electron chi connectivity index (χ4n) is 2.66. The monoisotopic (exact) mass is 475 g/mol. The average molecular weight is 475 g/mol. The van der Waals surface area contributed by atoms with Gasteiger partial charge in [0.1, 0.15) is 24.2 Å². The van der Waals surface area contributed by atoms with Crippen LogP contribution in [0.3, 0.4) is 0 Å². The molecule has 10 N–H and O–H groups in total. The summed E-state index contributed by atoms with van der Waals surface area (Å²) in [7, 11) is 0. The zero-order valence-corrected chi connectivity index (χ0v) is 18.6. The summed E-state index contributed by atoms with van der Waals surface area (Å²) < 4.78 is 0. The van der Waals surface area contributed by atoms with E-state index in [1.165, 1.54) is 0 Å². The predicted molar refractivity (Wildman–Crippen MR) is 113 cm³/mol. The van der Waals surface area contributed by atoms with Gasteiger partial charge in [0.15, 0.2) is 0 Å². The molecule has 14 heteroatoms. The van der Waals surface area contributed by atoms with Gasteiger partial charge in [-0.2, -0.15) is 0 Å². The first kappa shape index (κ1) is 29.7. The number of carbonyl (C=O) groups is 6. The minimum atomic E-state index is -1.43. The normalized spacial score (nSPS) is 15.3. The van der Waals surface area contributed by atoms with Gasteiger partial charge in [0.05, 0.1) is 6.61 Å². The highest BCUT2D eigenvalue weighted by atomic mass is 16.4. The molecule has 5 unspecified atom stereocenters. The highest BCUT2D eigenvalue weighted by molar-refractivity contribution is 5.94. The van der Waals surface area contributed by atoms with E-state index >= 15 is 0 Å². The first-order valence-electron chi connectivity index (χ1n) is 10.3. The van der Waals surface area contributed by atoms with Crippen LogP contribution in [0.5, 0.6) is 0 Å². The van der Waals surface area contributed by atoms with E-state index in [0.717, 1.165) is 0 Å². The fraction of sp³-hybridized carbons (Fsp3) is 0.684. The molecule has 0 aromatic heterocycles. The number of carboxylic acids is 2. The van der Waals surface area contributed by atoms with Crippen LogP contribution in [-0.4, -0.2) is 81.7 Å². The molecule has 0 aromatic carbocycles. The van der Waals surface area contributed by atoms with Gasteiger partial charge in [-0.1, -0.05) is 20.3 Å². The number of hydrogen-bond acceptors (Lipinski definition) is 8. The van der Waals surface area contributed by atoms with Gasteiger partial charge in [0, 0.05) is 12.8 Å². The number of nitrogens with one attached hydrogen (secondary N) is 3. The number of nitrogens with two attached hydrogens (primary N) is 2. The molecule has 0 fully saturated rings. The first-order valence-corrected chi connectivity index (χ1v) is 10.3. The van der Waals surface area contributed by atoms with Crippen LogP contribution in [0.25, 0.3) is 0 Å². The van der Waals surface area contributed by atoms with Crippen molar-refractivity contribution in [1.82, 2.24) is 16.0 Å². The molecule has 0 heterocycles. The van der Waals surface area contributed by atoms with Gasteiger partial charge < -0.3 is 42.7 Å². The molecular formula is C19H33N5O9. The van der Waals surface area contributed by atoms with E-state index < -0.39 is 78.7 Å². The van der Waals surface area contributed by atoms with Crippen molar-refractivity contribution in [2.75, 3.05) is 6.61 Å². The average Bonchev–Trinajstić information content (AvgIpc) is 2.75. The summed E-state index contributed by atoms with van der Waals surface area (Å²) in [5.74, 6) is -6.49. The van der Waals surface area contributed by atoms with Gasteiger partial charge in [-0.25, -0.2) is 4.79 Å². The van der Waals surface area contributed by atoms with Gasteiger partial charge in [0.25, 0.3) is 0 Å². The summed E-state index contributed by atoms with van der Waals surface area (Å²) in [6, 6.07) is -5.39. The predicted octanol–water partition coefficient (Wildman–Crippen LogP) is -2.98. The summed E-state index contributed by atoms with van der Waals surface area (Å²) in [6.45, 7) is 2.64. The number of aliphatic hydroxyl groups is 1. The van der Waals surface area contributed by atoms with Crippen molar-refractivity contribution in [1.29, 1.82) is 0 Å². The van der Waals surface area contributed by atoms with E-state index in [9.17, 15) is 33.9 Å². The van der Waals surface area contributed by atoms with Crippen molar-refractivity contribution in [2.24, 2.45) is 17.4 Å². The lowest BCUT2D eigenvalue weighted by atomic mass is 9.96. The number of rotatable bonds is 16. The molecule has 0 aromatic rings. The Morgan fingerprint density at radius 3 is 1.85 bits per heavy atom. The maximum atomic E-state index is 12.8. The standard InChI is InChI=1S/C19H33N5O9/c1-3-9(2)15(18(31)23-12(19(32)33)4-6-13(21)26)24-17(30)11(5-7-14(27)28)22-16(29)10(20)8-25/h9-12,15,25H,3-8,20H2,1-2H3,(H2,21,26)(H,22,29)(H,23,31)(H,24,30)(H,27,28)(H,32,33). The van der Waals surface area contributed by atoms with Crippen molar-refractivity contribution in [3.8, 4) is 0 Å². The van der Waals surface area contributed by atoms with E-state index in [0.29, 0.717) is 6.42 Å². The zero-order chi connectivity index (χ0) is 25.7. The van der Waals surface area contributed by atoms with Gasteiger partial charge in [0.2, 0.25) is 23.6 Å². The number of aliphatic hydroxyl groups excluding tert-OH is 1. The van der Waals surface area contributed by atoms with Crippen LogP contribution >= 0.6 is 0 Å². The van der Waals surface area contributed by atoms with E-state index in [4.69, 9.17) is 21.7 Å². The maximum absolute atomic E-state index is 12.8. The second kappa shape index (κ2) is 14.7. The highest BCUT2D eigenvalue weighted by Crippen LogP contribution is 2.11. The van der Waals surface area contributed by atoms with Crippen LogP contribution in [-0.2, 0) is 28.8 Å². The number of hydrogen-bond donors (Lipinski definition) is 8. The molecule has 0 radical (unpaired) electrons. The molecule has 0 bridgehead atoms. The number of carbonyl (C=O) groups excluding carboxylic acids is 4. The van der Waals surface area contributed by atoms with Crippen molar-refractivity contribution in [3.05, 3.63) is 0 Å². The number of aliphatic carboxylic acids is 2. The van der Waals surface area contributed by atoms with Gasteiger partial charge >= 0.3 is 11.9 Å². The summed E-state index contributed by atoms with van der Waals surface area (Å²) in [5.41, 5.74) is 10.4. The van der Waals surface area contributed by atoms with Crippen molar-refractivity contribution >= 4 is 35.6 Å². The smallest absolute Gasteiger partial charge is 0.326 e. The Labute approximate surface area is 190 Å². The topological polar surface area (TPSA) is 251 Å². The Hall–Kier alpha value is -3.26. The minimum absolute atomic E-state index is 0.256. The molecule has 0 rings (SSSR count). The summed E-state index contributed by atoms with van der Waals surface area (Å²) in [6.07, 6.45) is -0.948. The third-order valence-corrected chi connectivity index (χ3v) is 4.90. The highest BCUT2D eigenvalue weighted by Gasteiger charge is 2.33. The maximum Gasteiger partial charge on any atom is 0.326 e. The molecule has 0 saturated heterocycles. The van der Waals surface area contributed by atoms with Gasteiger partial charge in [-0.15, -0.1) is 0 Å². The summed E-state index contributed by atoms with van der Waals surface area (Å²) in [4.78, 5) is 70.8. The molecule has 0 aliphatic rings. The third-order valence-electron chi connectivity index (χ3n) is 4.90. The van der Waals surface area contributed by atoms with Gasteiger partial charge in [-0.05, 0) is 18.8 Å². The molecular weight excluding hydrogens is 442 g/mol. The SMILES string of the molecule is CCC(C)C(NC(=O)C(CCC(=O)O)NC(=O)C(N)CO)C(=O)NC(CCC(N)=O)C(=O)O. The van der Waals surface area contributed by atoms with Crippen molar-refractivity contribution in [3.63, 3.8) is 0 Å². The van der Waals surface area contributed by atoms with Crippen LogP contribution in [0.15, 0.2) is 0 Å². The molecule has 188 valence electrons. The van der Waals surface area contributed by atoms with E-state index in [1.54, 1.807) is 13.8 Å². The van der Waals surface area contributed by atoms with Crippen LogP contribution in [0.4, 0.5) is 0 Å². The Morgan fingerprint density at radius 2 is 1.39 bits per heavy atom. The second-order valence-corrected chi connectivity index (χ2v) is 7.56. The van der Waals surface area contributed by atoms with Crippen molar-refractivity contribution < 1.29 is 44.1 Å². The van der Waals surface area contributed by atoms with E-state index in [2.05, 4.69) is 16.0 Å². The fourth-order valence-corrected chi connectivity index (χ4v) is 2.66. The lowest BCUT2D eigenvalue weighted by Gasteiger charge is -2.28. The number of carboxylic acid groups (broad SMARTS) is 2. The van der Waals surface area contributed by atoms with Gasteiger partial charge in [-0.3, -0.25) is 24.0 Å². The van der Waals surface area contributed by atoms with Crippen molar-refractivity contribution in [2.45, 2.75) is 70.1 Å². The summed E-state index contributed by atoms with van der Waals surface area (Å²) in [5, 5.41) is 34.1. The lowest BCUT2D eigenvalue weighted by molar-refractivity contribution is -0.143. The Kier molecular flexibility index (Phi) is 13.3. The molecule has 0 aliphatic heterocycles. The van der Waals surface area contributed by atoms with E-state index in [1.807, 2.05) is 0 Å². The first-order chi connectivity index (χ1) is 15.3. The molecule has 5 atom stereocenters. The molecule has 0 saturated carbocycles. The Morgan fingerprint density at radius 1 is 0.848 bits per heavy atom. The molecule has 0 aliphatic carbocycles. The van der Waals surface area contributed by atoms with Crippen LogP contribution in [0.1, 0.15) is 46.0 Å². The zero-order valence-electron chi connectivity index (χ0n) is 18.6. The summed E-state index contributed by atoms with van der Waals surface area (Å²) >= 11 is 0. The minimum Gasteiger partial charge on any atom is -0.481 e. The Bertz CT molecular complexity index is 730. The number of primary amides is 1. The van der Waals surface area contributed by atoms with Crippen LogP contribution in [0, 0.1) is 5.92 Å². The van der Waals surface area contributed by atoms with Crippen LogP contribution < -0.4 is 27.4 Å². The quantitative estimate of drug-likeness (QED) is 0.112. The molecule has 14 nitrogen and oxygen atoms in total. The van der Waals surface area contributed by atoms with Crippen LogP contribution in [0.2, 0.25) is 0 Å². The molecule has 33 heavy (non-hydrogen) atoms. The number of amides is 4. The molecule has 0 spiro atoms. The Balaban J connectivity index is 5.57. The lowest BCUT2D eigenvalue weighted by Crippen LogP contribution is -2.59. The molecule has 4 amide bonds.